The van der Waals surface area contributed by atoms with E-state index in [1.807, 2.05) is 27.3 Å². The number of sulfonamides is 1. The minimum absolute atomic E-state index is 0. The molecule has 0 fully saturated rings. The van der Waals surface area contributed by atoms with Crippen molar-refractivity contribution >= 4 is 82.3 Å². The van der Waals surface area contributed by atoms with E-state index in [0.29, 0.717) is 9.39 Å². The van der Waals surface area contributed by atoms with Crippen molar-refractivity contribution in [3.05, 3.63) is 33.7 Å². The van der Waals surface area contributed by atoms with Crippen LogP contribution in [0.3, 0.4) is 0 Å². The van der Waals surface area contributed by atoms with Crippen LogP contribution in [-0.4, -0.2) is 74.2 Å². The molecule has 0 saturated carbocycles. The van der Waals surface area contributed by atoms with E-state index in [-0.39, 0.29) is 54.6 Å². The molecular weight excluding hydrogens is 477 g/mol. The van der Waals surface area contributed by atoms with Gasteiger partial charge in [0.15, 0.2) is 0 Å². The Morgan fingerprint density at radius 2 is 1.88 bits per heavy atom. The van der Waals surface area contributed by atoms with Gasteiger partial charge < -0.3 is 4.74 Å². The van der Waals surface area contributed by atoms with Crippen LogP contribution in [0.25, 0.3) is 0 Å². The molecule has 0 atom stereocenters. The van der Waals surface area contributed by atoms with Gasteiger partial charge in [0.05, 0.1) is 7.11 Å². The third-order valence-electron chi connectivity index (χ3n) is 2.49. The predicted molar refractivity (Wildman–Crippen MR) is 95.4 cm³/mol. The van der Waals surface area contributed by atoms with Crippen molar-refractivity contribution in [1.82, 2.24) is 19.7 Å². The number of anilines is 1. The quantitative estimate of drug-likeness (QED) is 0.484. The van der Waals surface area contributed by atoms with Gasteiger partial charge in [-0.25, -0.2) is 17.9 Å². The summed E-state index contributed by atoms with van der Waals surface area (Å²) in [6.45, 7) is 1.58. The van der Waals surface area contributed by atoms with E-state index in [1.165, 1.54) is 13.2 Å². The SMILES string of the molecule is COc1nc(C)nc(NC(=O)NS(=O)(=O)c2ccccc2I)n1.[Ca]. The number of carbonyl (C=O) groups excluding carboxylic acids is 1. The summed E-state index contributed by atoms with van der Waals surface area (Å²) >= 11 is 1.87. The second-order valence-corrected chi connectivity index (χ2v) is 7.00. The fourth-order valence-electron chi connectivity index (χ4n) is 1.57. The van der Waals surface area contributed by atoms with Crippen LogP contribution in [0.15, 0.2) is 29.2 Å². The Bertz CT molecular complexity index is 849. The van der Waals surface area contributed by atoms with Crippen LogP contribution < -0.4 is 14.8 Å². The molecule has 0 unspecified atom stereocenters. The third-order valence-corrected chi connectivity index (χ3v) is 5.18. The number of benzene rings is 1. The zero-order chi connectivity index (χ0) is 17.0. The number of hydrogen-bond acceptors (Lipinski definition) is 7. The first-order valence-corrected chi connectivity index (χ1v) is 8.73. The Balaban J connectivity index is 0.00000288. The van der Waals surface area contributed by atoms with Crippen LogP contribution in [0.2, 0.25) is 0 Å². The van der Waals surface area contributed by atoms with E-state index in [9.17, 15) is 13.2 Å². The predicted octanol–water partition coefficient (Wildman–Crippen LogP) is 0.923. The van der Waals surface area contributed by atoms with Crippen LogP contribution in [0.5, 0.6) is 6.01 Å². The van der Waals surface area contributed by atoms with Gasteiger partial charge in [0, 0.05) is 41.3 Å². The van der Waals surface area contributed by atoms with E-state index in [1.54, 1.807) is 25.1 Å². The molecule has 24 heavy (non-hydrogen) atoms. The second-order valence-electron chi connectivity index (χ2n) is 4.18. The summed E-state index contributed by atoms with van der Waals surface area (Å²) in [5.41, 5.74) is 0. The molecule has 0 saturated heterocycles. The van der Waals surface area contributed by atoms with Crippen molar-refractivity contribution in [2.24, 2.45) is 0 Å². The maximum atomic E-state index is 12.2. The number of nitrogens with zero attached hydrogens (tertiary/aromatic N) is 3. The summed E-state index contributed by atoms with van der Waals surface area (Å²) in [5, 5.41) is 2.23. The number of nitrogens with one attached hydrogen (secondary N) is 2. The molecular formula is C12H12CaIN5O4S. The largest absolute Gasteiger partial charge is 0.467 e. The van der Waals surface area contributed by atoms with Gasteiger partial charge in [-0.1, -0.05) is 12.1 Å². The Morgan fingerprint density at radius 3 is 2.50 bits per heavy atom. The first kappa shape index (κ1) is 21.3. The molecule has 1 aromatic heterocycles. The molecule has 2 radical (unpaired) electrons. The second kappa shape index (κ2) is 9.08. The standard InChI is InChI=1S/C12H12IN5O4S.Ca/c1-7-14-10(17-12(15-7)22-2)16-11(19)18-23(20,21)9-6-4-3-5-8(9)13;/h3-6H,1-2H3,(H2,14,15,16,17,18,19);. The number of aromatic nitrogens is 3. The van der Waals surface area contributed by atoms with Crippen molar-refractivity contribution in [2.45, 2.75) is 11.8 Å². The zero-order valence-corrected chi connectivity index (χ0v) is 18.0. The summed E-state index contributed by atoms with van der Waals surface area (Å²) in [6, 6.07) is 5.29. The number of rotatable bonds is 4. The minimum Gasteiger partial charge on any atom is -0.467 e. The van der Waals surface area contributed by atoms with E-state index in [0.717, 1.165) is 0 Å². The first-order valence-electron chi connectivity index (χ1n) is 6.17. The Morgan fingerprint density at radius 1 is 1.21 bits per heavy atom. The number of amides is 2. The maximum absolute atomic E-state index is 12.2. The van der Waals surface area contributed by atoms with Crippen LogP contribution in [0, 0.1) is 10.5 Å². The van der Waals surface area contributed by atoms with Crippen molar-refractivity contribution in [2.75, 3.05) is 12.4 Å². The Hall–Kier alpha value is -0.760. The number of urea groups is 1. The average Bonchev–Trinajstić information content (AvgIpc) is 2.46. The van der Waals surface area contributed by atoms with E-state index in [4.69, 9.17) is 4.74 Å². The molecule has 1 aromatic carbocycles. The summed E-state index contributed by atoms with van der Waals surface area (Å²) in [7, 11) is -2.65. The van der Waals surface area contributed by atoms with Crippen LogP contribution in [-0.2, 0) is 10.0 Å². The van der Waals surface area contributed by atoms with Gasteiger partial charge in [0.2, 0.25) is 5.95 Å². The fraction of sp³-hybridized carbons (Fsp3) is 0.167. The Labute approximate surface area is 182 Å². The van der Waals surface area contributed by atoms with E-state index < -0.39 is 16.1 Å². The molecule has 9 nitrogen and oxygen atoms in total. The molecule has 1 heterocycles. The van der Waals surface area contributed by atoms with Gasteiger partial charge in [-0.05, 0) is 41.6 Å². The molecule has 2 rings (SSSR count). The molecule has 2 amide bonds. The normalized spacial score (nSPS) is 10.5. The number of carbonyl (C=O) groups is 1. The average molecular weight is 489 g/mol. The van der Waals surface area contributed by atoms with Gasteiger partial charge in [-0.3, -0.25) is 5.32 Å². The summed E-state index contributed by atoms with van der Waals surface area (Å²) in [6.07, 6.45) is 0. The number of hydrogen-bond donors (Lipinski definition) is 2. The van der Waals surface area contributed by atoms with Crippen LogP contribution >= 0.6 is 22.6 Å². The molecule has 0 spiro atoms. The number of methoxy groups -OCH3 is 1. The molecule has 2 N–H and O–H groups in total. The number of aryl methyl sites for hydroxylation is 1. The van der Waals surface area contributed by atoms with Gasteiger partial charge >= 0.3 is 12.0 Å². The Kier molecular flexibility index (Phi) is 8.05. The van der Waals surface area contributed by atoms with Crippen molar-refractivity contribution in [1.29, 1.82) is 0 Å². The molecule has 0 aliphatic rings. The maximum Gasteiger partial charge on any atom is 0.335 e. The zero-order valence-electron chi connectivity index (χ0n) is 12.8. The number of ether oxygens (including phenoxy) is 1. The molecule has 124 valence electrons. The van der Waals surface area contributed by atoms with E-state index >= 15 is 0 Å². The van der Waals surface area contributed by atoms with Crippen LogP contribution in [0.4, 0.5) is 10.7 Å². The van der Waals surface area contributed by atoms with E-state index in [2.05, 4.69) is 20.3 Å². The number of halogens is 1. The summed E-state index contributed by atoms with van der Waals surface area (Å²) in [5.74, 6) is 0.192. The van der Waals surface area contributed by atoms with Gasteiger partial charge in [0.1, 0.15) is 10.7 Å². The summed E-state index contributed by atoms with van der Waals surface area (Å²) < 4.78 is 31.6. The fourth-order valence-corrected chi connectivity index (χ4v) is 3.82. The summed E-state index contributed by atoms with van der Waals surface area (Å²) in [4.78, 5) is 23.4. The van der Waals surface area contributed by atoms with Crippen molar-refractivity contribution < 1.29 is 17.9 Å². The minimum atomic E-state index is -4.01. The third kappa shape index (κ3) is 5.65. The van der Waals surface area contributed by atoms with Crippen molar-refractivity contribution in [3.63, 3.8) is 0 Å². The van der Waals surface area contributed by atoms with Crippen LogP contribution in [0.1, 0.15) is 5.82 Å². The van der Waals surface area contributed by atoms with Gasteiger partial charge in [0.25, 0.3) is 10.0 Å². The molecule has 2 aromatic rings. The monoisotopic (exact) mass is 489 g/mol. The van der Waals surface area contributed by atoms with Gasteiger partial charge in [-0.2, -0.15) is 15.0 Å². The molecule has 0 aliphatic heterocycles. The molecule has 0 bridgehead atoms. The molecule has 0 aliphatic carbocycles. The smallest absolute Gasteiger partial charge is 0.335 e. The molecule has 12 heteroatoms. The topological polar surface area (TPSA) is 123 Å². The van der Waals surface area contributed by atoms with Gasteiger partial charge in [-0.15, -0.1) is 0 Å². The van der Waals surface area contributed by atoms with Crippen molar-refractivity contribution in [3.8, 4) is 6.01 Å². The first-order chi connectivity index (χ1) is 10.8.